The number of unbranched alkanes of at least 4 members (excludes halogenated alkanes) is 28. The smallest absolute Gasteiger partial charge is 0.0808 e. The van der Waals surface area contributed by atoms with Crippen LogP contribution in [-0.4, -0.2) is 25.3 Å². The van der Waals surface area contributed by atoms with E-state index in [0.717, 1.165) is 6.54 Å². The number of hydrogen-bond acceptors (Lipinski definition) is 1. The van der Waals surface area contributed by atoms with Gasteiger partial charge in [-0.15, -0.1) is 0 Å². The summed E-state index contributed by atoms with van der Waals surface area (Å²) in [5.41, 5.74) is 0. The van der Waals surface area contributed by atoms with Gasteiger partial charge in [0.2, 0.25) is 0 Å². The third-order valence-corrected chi connectivity index (χ3v) is 9.13. The van der Waals surface area contributed by atoms with Crippen LogP contribution in [-0.2, 0) is 0 Å². The predicted molar refractivity (Wildman–Crippen MR) is 183 cm³/mol. The van der Waals surface area contributed by atoms with Crippen LogP contribution >= 0.6 is 0 Å². The molecular weight excluding hydrogens is 486 g/mol. The zero-order chi connectivity index (χ0) is 29.4. The number of nitrogens with zero attached hydrogens (tertiary/aromatic N) is 1. The molecule has 2 heteroatoms. The van der Waals surface area contributed by atoms with Gasteiger partial charge >= 0.3 is 0 Å². The monoisotopic (exact) mass is 566 g/mol. The van der Waals surface area contributed by atoms with E-state index in [1.807, 2.05) is 14.1 Å². The lowest BCUT2D eigenvalue weighted by Gasteiger charge is -2.37. The van der Waals surface area contributed by atoms with E-state index in [2.05, 4.69) is 13.8 Å². The molecule has 0 aromatic carbocycles. The van der Waals surface area contributed by atoms with E-state index >= 15 is 0 Å². The van der Waals surface area contributed by atoms with Crippen molar-refractivity contribution in [3.05, 3.63) is 5.21 Å². The van der Waals surface area contributed by atoms with E-state index < -0.39 is 0 Å². The Morgan fingerprint density at radius 3 is 0.750 bits per heavy atom. The van der Waals surface area contributed by atoms with Crippen molar-refractivity contribution in [1.82, 2.24) is 0 Å². The van der Waals surface area contributed by atoms with Crippen LogP contribution < -0.4 is 0 Å². The quantitative estimate of drug-likeness (QED) is 0.0432. The van der Waals surface area contributed by atoms with Crippen LogP contribution in [0.1, 0.15) is 219 Å². The first kappa shape index (κ1) is 39.9. The Bertz CT molecular complexity index is 457. The topological polar surface area (TPSA) is 23.1 Å². The zero-order valence-electron chi connectivity index (χ0n) is 28.8. The second-order valence-electron chi connectivity index (χ2n) is 14.1. The first-order valence-corrected chi connectivity index (χ1v) is 19.0. The van der Waals surface area contributed by atoms with E-state index in [4.69, 9.17) is 0 Å². The summed E-state index contributed by atoms with van der Waals surface area (Å²) in [5.74, 6) is 0.636. The molecule has 0 saturated carbocycles. The molecule has 40 heavy (non-hydrogen) atoms. The van der Waals surface area contributed by atoms with Crippen molar-refractivity contribution in [3.8, 4) is 0 Å². The molecule has 0 aromatic heterocycles. The fraction of sp³-hybridized carbons (Fsp3) is 1.00. The number of hydroxylamine groups is 3. The van der Waals surface area contributed by atoms with Gasteiger partial charge in [0.05, 0.1) is 20.6 Å². The Morgan fingerprint density at radius 2 is 0.550 bits per heavy atom. The fourth-order valence-corrected chi connectivity index (χ4v) is 6.56. The molecule has 0 bridgehead atoms. The summed E-state index contributed by atoms with van der Waals surface area (Å²) >= 11 is 0. The van der Waals surface area contributed by atoms with Gasteiger partial charge in [0, 0.05) is 5.92 Å². The van der Waals surface area contributed by atoms with E-state index in [0.29, 0.717) is 5.92 Å². The number of quaternary nitrogens is 1. The molecule has 242 valence electrons. The fourth-order valence-electron chi connectivity index (χ4n) is 6.56. The van der Waals surface area contributed by atoms with Crippen molar-refractivity contribution in [2.24, 2.45) is 5.92 Å². The largest absolute Gasteiger partial charge is 0.633 e. The van der Waals surface area contributed by atoms with Gasteiger partial charge in [-0.1, -0.05) is 206 Å². The highest BCUT2D eigenvalue weighted by atomic mass is 16.5. The summed E-state index contributed by atoms with van der Waals surface area (Å²) in [6, 6.07) is 0. The summed E-state index contributed by atoms with van der Waals surface area (Å²) in [7, 11) is 3.68. The van der Waals surface area contributed by atoms with Crippen molar-refractivity contribution in [2.45, 2.75) is 219 Å². The normalized spacial score (nSPS) is 12.8. The van der Waals surface area contributed by atoms with Gasteiger partial charge < -0.3 is 9.85 Å². The average Bonchev–Trinajstić information content (AvgIpc) is 2.92. The van der Waals surface area contributed by atoms with Crippen LogP contribution in [0.3, 0.4) is 0 Å². The zero-order valence-corrected chi connectivity index (χ0v) is 28.8. The summed E-state index contributed by atoms with van der Waals surface area (Å²) in [6.07, 6.45) is 45.3. The van der Waals surface area contributed by atoms with Gasteiger partial charge in [-0.2, -0.15) is 0 Å². The Kier molecular flexibility index (Phi) is 31.8. The highest BCUT2D eigenvalue weighted by molar-refractivity contribution is 4.61. The second-order valence-corrected chi connectivity index (χ2v) is 14.1. The van der Waals surface area contributed by atoms with Gasteiger partial charge in [-0.3, -0.25) is 0 Å². The lowest BCUT2D eigenvalue weighted by molar-refractivity contribution is -0.843. The maximum absolute atomic E-state index is 12.4. The van der Waals surface area contributed by atoms with Gasteiger partial charge in [0.15, 0.2) is 0 Å². The third-order valence-electron chi connectivity index (χ3n) is 9.13. The number of hydrogen-bond donors (Lipinski definition) is 0. The van der Waals surface area contributed by atoms with Crippen LogP contribution in [0.2, 0.25) is 0 Å². The summed E-state index contributed by atoms with van der Waals surface area (Å²) in [4.78, 5) is 0. The summed E-state index contributed by atoms with van der Waals surface area (Å²) < 4.78 is -0.109. The Hall–Kier alpha value is -0.0800. The minimum atomic E-state index is -0.109. The van der Waals surface area contributed by atoms with E-state index in [9.17, 15) is 5.21 Å². The standard InChI is InChI=1S/C38H79NO/c1-5-7-9-11-13-15-17-19-21-22-24-26-28-30-32-34-36-38(37-39(3,4)40)35-33-31-29-27-25-23-20-18-16-14-12-10-8-6-2/h38H,5-37H2,1-4H3. The Morgan fingerprint density at radius 1 is 0.350 bits per heavy atom. The molecule has 1 atom stereocenters. The third kappa shape index (κ3) is 34.1. The van der Waals surface area contributed by atoms with E-state index in [1.165, 1.54) is 205 Å². The molecule has 1 unspecified atom stereocenters. The first-order chi connectivity index (χ1) is 19.5. The SMILES string of the molecule is CCCCCCCCCCCCCCCCCCC(CCCCCCCCCCCCCCCC)C[N+](C)(C)[O-]. The number of rotatable bonds is 34. The van der Waals surface area contributed by atoms with E-state index in [-0.39, 0.29) is 4.65 Å². The molecule has 0 aliphatic rings. The molecule has 0 N–H and O–H groups in total. The lowest BCUT2D eigenvalue weighted by atomic mass is 9.93. The van der Waals surface area contributed by atoms with Crippen LogP contribution in [0.5, 0.6) is 0 Å². The van der Waals surface area contributed by atoms with Gasteiger partial charge in [0.1, 0.15) is 0 Å². The van der Waals surface area contributed by atoms with Gasteiger partial charge in [-0.05, 0) is 12.8 Å². The average molecular weight is 566 g/mol. The van der Waals surface area contributed by atoms with E-state index in [1.54, 1.807) is 0 Å². The van der Waals surface area contributed by atoms with Crippen molar-refractivity contribution in [2.75, 3.05) is 20.6 Å². The molecular formula is C38H79NO. The Balaban J connectivity index is 3.58. The molecule has 0 spiro atoms. The summed E-state index contributed by atoms with van der Waals surface area (Å²) in [6.45, 7) is 5.42. The second kappa shape index (κ2) is 31.8. The predicted octanol–water partition coefficient (Wildman–Crippen LogP) is 13.7. The van der Waals surface area contributed by atoms with Crippen LogP contribution in [0, 0.1) is 11.1 Å². The van der Waals surface area contributed by atoms with Gasteiger partial charge in [0.25, 0.3) is 0 Å². The van der Waals surface area contributed by atoms with Crippen molar-refractivity contribution in [1.29, 1.82) is 0 Å². The molecule has 0 heterocycles. The molecule has 0 amide bonds. The molecule has 2 nitrogen and oxygen atoms in total. The van der Waals surface area contributed by atoms with Gasteiger partial charge in [-0.25, -0.2) is 0 Å². The van der Waals surface area contributed by atoms with Crippen molar-refractivity contribution in [3.63, 3.8) is 0 Å². The summed E-state index contributed by atoms with van der Waals surface area (Å²) in [5, 5.41) is 12.4. The van der Waals surface area contributed by atoms with Crippen LogP contribution in [0.4, 0.5) is 0 Å². The van der Waals surface area contributed by atoms with Crippen molar-refractivity contribution >= 4 is 0 Å². The molecule has 0 aromatic rings. The highest BCUT2D eigenvalue weighted by Gasteiger charge is 2.15. The minimum absolute atomic E-state index is 0.109. The lowest BCUT2D eigenvalue weighted by Crippen LogP contribution is -2.37. The van der Waals surface area contributed by atoms with Crippen LogP contribution in [0.25, 0.3) is 0 Å². The molecule has 0 aliphatic carbocycles. The molecule has 0 fully saturated rings. The molecule has 0 radical (unpaired) electrons. The minimum Gasteiger partial charge on any atom is -0.633 e. The van der Waals surface area contributed by atoms with Crippen LogP contribution in [0.15, 0.2) is 0 Å². The maximum Gasteiger partial charge on any atom is 0.0808 e. The Labute approximate surface area is 255 Å². The first-order valence-electron chi connectivity index (χ1n) is 19.0. The van der Waals surface area contributed by atoms with Crippen molar-refractivity contribution < 1.29 is 4.65 Å². The molecule has 0 saturated heterocycles. The molecule has 0 aliphatic heterocycles. The highest BCUT2D eigenvalue weighted by Crippen LogP contribution is 2.22. The molecule has 0 rings (SSSR count). The maximum atomic E-state index is 12.4.